The van der Waals surface area contributed by atoms with Crippen LogP contribution in [0.1, 0.15) is 21.5 Å². The van der Waals surface area contributed by atoms with Crippen LogP contribution in [-0.4, -0.2) is 39.2 Å². The van der Waals surface area contributed by atoms with E-state index in [0.717, 1.165) is 11.3 Å². The van der Waals surface area contributed by atoms with Crippen molar-refractivity contribution in [2.24, 2.45) is 4.99 Å². The Bertz CT molecular complexity index is 725. The quantitative estimate of drug-likeness (QED) is 0.346. The van der Waals surface area contributed by atoms with Crippen LogP contribution in [0.3, 0.4) is 0 Å². The third-order valence-corrected chi connectivity index (χ3v) is 3.74. The van der Waals surface area contributed by atoms with E-state index < -0.39 is 0 Å². The smallest absolute Gasteiger partial charge is 0.337 e. The van der Waals surface area contributed by atoms with Crippen LogP contribution in [-0.2, 0) is 11.3 Å². The summed E-state index contributed by atoms with van der Waals surface area (Å²) in [5, 5.41) is 6.42. The zero-order valence-corrected chi connectivity index (χ0v) is 15.4. The van der Waals surface area contributed by atoms with Gasteiger partial charge >= 0.3 is 5.97 Å². The van der Waals surface area contributed by atoms with Crippen LogP contribution >= 0.6 is 0 Å². The summed E-state index contributed by atoms with van der Waals surface area (Å²) in [4.78, 5) is 15.6. The Morgan fingerprint density at radius 1 is 1.04 bits per heavy atom. The highest BCUT2D eigenvalue weighted by molar-refractivity contribution is 5.89. The van der Waals surface area contributed by atoms with Crippen LogP contribution in [0.15, 0.2) is 53.5 Å². The number of nitrogens with zero attached hydrogens (tertiary/aromatic N) is 1. The Kier molecular flexibility index (Phi) is 7.49. The molecule has 0 aromatic heterocycles. The maximum absolute atomic E-state index is 11.4. The number of esters is 1. The van der Waals surface area contributed by atoms with E-state index in [9.17, 15) is 4.79 Å². The topological polar surface area (TPSA) is 72.0 Å². The minimum Gasteiger partial charge on any atom is -0.492 e. The van der Waals surface area contributed by atoms with Gasteiger partial charge in [0.2, 0.25) is 0 Å². The van der Waals surface area contributed by atoms with Gasteiger partial charge in [0.15, 0.2) is 5.96 Å². The number of methoxy groups -OCH3 is 1. The minimum absolute atomic E-state index is 0.337. The molecule has 2 N–H and O–H groups in total. The van der Waals surface area contributed by atoms with E-state index in [1.165, 1.54) is 12.7 Å². The fraction of sp³-hybridized carbons (Fsp3) is 0.300. The SMILES string of the molecule is CN=C(NCCOc1ccc(C)cc1)NCc1ccc(C(=O)OC)cc1. The highest BCUT2D eigenvalue weighted by atomic mass is 16.5. The molecule has 0 saturated heterocycles. The lowest BCUT2D eigenvalue weighted by Gasteiger charge is -2.13. The van der Waals surface area contributed by atoms with Crippen molar-refractivity contribution in [3.63, 3.8) is 0 Å². The van der Waals surface area contributed by atoms with Crippen molar-refractivity contribution in [1.82, 2.24) is 10.6 Å². The van der Waals surface area contributed by atoms with Gasteiger partial charge in [-0.15, -0.1) is 0 Å². The van der Waals surface area contributed by atoms with Crippen molar-refractivity contribution in [3.8, 4) is 5.75 Å². The molecule has 2 aromatic carbocycles. The Morgan fingerprint density at radius 3 is 2.35 bits per heavy atom. The molecule has 0 fully saturated rings. The molecular formula is C20H25N3O3. The van der Waals surface area contributed by atoms with Gasteiger partial charge in [0.1, 0.15) is 12.4 Å². The van der Waals surface area contributed by atoms with Gasteiger partial charge in [0, 0.05) is 13.6 Å². The average molecular weight is 355 g/mol. The predicted octanol–water partition coefficient (Wildman–Crippen LogP) is 2.53. The molecule has 138 valence electrons. The molecule has 0 saturated carbocycles. The third kappa shape index (κ3) is 6.12. The largest absolute Gasteiger partial charge is 0.492 e. The van der Waals surface area contributed by atoms with Gasteiger partial charge in [0.05, 0.1) is 19.2 Å². The number of rotatable bonds is 7. The fourth-order valence-corrected chi connectivity index (χ4v) is 2.26. The number of hydrogen-bond donors (Lipinski definition) is 2. The van der Waals surface area contributed by atoms with Crippen LogP contribution in [0.2, 0.25) is 0 Å². The van der Waals surface area contributed by atoms with Gasteiger partial charge < -0.3 is 20.1 Å². The molecule has 0 spiro atoms. The second kappa shape index (κ2) is 10.1. The maximum Gasteiger partial charge on any atom is 0.337 e. The second-order valence-electron chi connectivity index (χ2n) is 5.70. The molecule has 2 aromatic rings. The third-order valence-electron chi connectivity index (χ3n) is 3.74. The van der Waals surface area contributed by atoms with Crippen LogP contribution in [0.4, 0.5) is 0 Å². The number of ether oxygens (including phenoxy) is 2. The van der Waals surface area contributed by atoms with Gasteiger partial charge in [0.25, 0.3) is 0 Å². The van der Waals surface area contributed by atoms with Crippen LogP contribution in [0, 0.1) is 6.92 Å². The van der Waals surface area contributed by atoms with Crippen molar-refractivity contribution in [2.75, 3.05) is 27.3 Å². The number of nitrogens with one attached hydrogen (secondary N) is 2. The van der Waals surface area contributed by atoms with Gasteiger partial charge in [-0.2, -0.15) is 0 Å². The Hall–Kier alpha value is -3.02. The summed E-state index contributed by atoms with van der Waals surface area (Å²) in [6.07, 6.45) is 0. The van der Waals surface area contributed by atoms with Crippen molar-refractivity contribution >= 4 is 11.9 Å². The molecule has 0 amide bonds. The summed E-state index contributed by atoms with van der Waals surface area (Å²) < 4.78 is 10.4. The molecule has 2 rings (SSSR count). The molecule has 0 aliphatic carbocycles. The van der Waals surface area contributed by atoms with Gasteiger partial charge in [-0.1, -0.05) is 29.8 Å². The van der Waals surface area contributed by atoms with Crippen molar-refractivity contribution < 1.29 is 14.3 Å². The second-order valence-corrected chi connectivity index (χ2v) is 5.70. The first kappa shape index (κ1) is 19.3. The lowest BCUT2D eigenvalue weighted by molar-refractivity contribution is 0.0600. The summed E-state index contributed by atoms with van der Waals surface area (Å²) in [7, 11) is 3.09. The molecule has 0 bridgehead atoms. The molecule has 0 radical (unpaired) electrons. The van der Waals surface area contributed by atoms with Crippen LogP contribution in [0.25, 0.3) is 0 Å². The lowest BCUT2D eigenvalue weighted by atomic mass is 10.1. The predicted molar refractivity (Wildman–Crippen MR) is 103 cm³/mol. The first-order chi connectivity index (χ1) is 12.6. The highest BCUT2D eigenvalue weighted by Gasteiger charge is 2.04. The summed E-state index contributed by atoms with van der Waals surface area (Å²) in [6, 6.07) is 15.2. The molecule has 26 heavy (non-hydrogen) atoms. The van der Waals surface area contributed by atoms with E-state index in [-0.39, 0.29) is 5.97 Å². The van der Waals surface area contributed by atoms with Crippen LogP contribution in [0.5, 0.6) is 5.75 Å². The van der Waals surface area contributed by atoms with E-state index in [0.29, 0.717) is 31.2 Å². The van der Waals surface area contributed by atoms with Gasteiger partial charge in [-0.25, -0.2) is 4.79 Å². The molecule has 0 aliphatic rings. The molecule has 0 aliphatic heterocycles. The maximum atomic E-state index is 11.4. The first-order valence-electron chi connectivity index (χ1n) is 8.43. The Labute approximate surface area is 154 Å². The lowest BCUT2D eigenvalue weighted by Crippen LogP contribution is -2.38. The number of hydrogen-bond acceptors (Lipinski definition) is 4. The van der Waals surface area contributed by atoms with E-state index in [2.05, 4.69) is 20.4 Å². The minimum atomic E-state index is -0.337. The van der Waals surface area contributed by atoms with E-state index in [4.69, 9.17) is 4.74 Å². The zero-order valence-electron chi connectivity index (χ0n) is 15.4. The molecule has 0 unspecified atom stereocenters. The van der Waals surface area contributed by atoms with E-state index in [1.807, 2.05) is 43.3 Å². The number of carbonyl (C=O) groups excluding carboxylic acids is 1. The summed E-state index contributed by atoms with van der Waals surface area (Å²) in [5.41, 5.74) is 2.78. The fourth-order valence-electron chi connectivity index (χ4n) is 2.26. The number of benzene rings is 2. The Morgan fingerprint density at radius 2 is 1.73 bits per heavy atom. The number of carbonyl (C=O) groups is 1. The summed E-state index contributed by atoms with van der Waals surface area (Å²) >= 11 is 0. The summed E-state index contributed by atoms with van der Waals surface area (Å²) in [5.74, 6) is 1.20. The molecule has 0 heterocycles. The van der Waals surface area contributed by atoms with Crippen LogP contribution < -0.4 is 15.4 Å². The number of aliphatic imine (C=N–C) groups is 1. The van der Waals surface area contributed by atoms with Gasteiger partial charge in [-0.3, -0.25) is 4.99 Å². The standard InChI is InChI=1S/C20H25N3O3/c1-15-4-10-18(11-5-15)26-13-12-22-20(21-2)23-14-16-6-8-17(9-7-16)19(24)25-3/h4-11H,12-14H2,1-3H3,(H2,21,22,23). The van der Waals surface area contributed by atoms with E-state index in [1.54, 1.807) is 19.2 Å². The number of guanidine groups is 1. The summed E-state index contributed by atoms with van der Waals surface area (Å²) in [6.45, 7) is 3.82. The molecule has 0 atom stereocenters. The number of aryl methyl sites for hydroxylation is 1. The van der Waals surface area contributed by atoms with Crippen molar-refractivity contribution in [1.29, 1.82) is 0 Å². The van der Waals surface area contributed by atoms with Crippen molar-refractivity contribution in [2.45, 2.75) is 13.5 Å². The van der Waals surface area contributed by atoms with Gasteiger partial charge in [-0.05, 0) is 36.8 Å². The highest BCUT2D eigenvalue weighted by Crippen LogP contribution is 2.10. The molecular weight excluding hydrogens is 330 g/mol. The molecule has 6 nitrogen and oxygen atoms in total. The normalized spacial score (nSPS) is 11.0. The zero-order chi connectivity index (χ0) is 18.8. The monoisotopic (exact) mass is 355 g/mol. The molecule has 6 heteroatoms. The van der Waals surface area contributed by atoms with Crippen molar-refractivity contribution in [3.05, 3.63) is 65.2 Å². The first-order valence-corrected chi connectivity index (χ1v) is 8.43. The van der Waals surface area contributed by atoms with E-state index >= 15 is 0 Å². The Balaban J connectivity index is 1.72. The average Bonchev–Trinajstić information content (AvgIpc) is 2.68.